The fourth-order valence-electron chi connectivity index (χ4n) is 3.07. The highest BCUT2D eigenvalue weighted by molar-refractivity contribution is 5.94. The van der Waals surface area contributed by atoms with Crippen molar-refractivity contribution in [2.45, 2.75) is 33.4 Å². The van der Waals surface area contributed by atoms with Gasteiger partial charge in [-0.2, -0.15) is 18.2 Å². The van der Waals surface area contributed by atoms with Crippen LogP contribution in [0, 0.1) is 20.8 Å². The van der Waals surface area contributed by atoms with E-state index in [0.717, 1.165) is 4.52 Å². The molecule has 0 aliphatic rings. The number of hydrogen-bond acceptors (Lipinski definition) is 6. The zero-order valence-corrected chi connectivity index (χ0v) is 15.6. The predicted molar refractivity (Wildman–Crippen MR) is 96.3 cm³/mol. The molecule has 0 radical (unpaired) electrons. The minimum atomic E-state index is -4.68. The fourth-order valence-corrected chi connectivity index (χ4v) is 3.07. The first-order valence-electron chi connectivity index (χ1n) is 8.59. The Kier molecular flexibility index (Phi) is 4.25. The van der Waals surface area contributed by atoms with Gasteiger partial charge in [0.2, 0.25) is 5.91 Å². The van der Waals surface area contributed by atoms with Gasteiger partial charge in [0.15, 0.2) is 11.5 Å². The third-order valence-corrected chi connectivity index (χ3v) is 4.42. The fraction of sp³-hybridized carbons (Fsp3) is 0.278. The van der Waals surface area contributed by atoms with E-state index in [0.29, 0.717) is 39.6 Å². The van der Waals surface area contributed by atoms with Crippen LogP contribution in [0.25, 0.3) is 16.9 Å². The van der Waals surface area contributed by atoms with E-state index in [1.165, 1.54) is 0 Å². The zero-order chi connectivity index (χ0) is 20.9. The van der Waals surface area contributed by atoms with E-state index in [1.807, 2.05) is 0 Å². The van der Waals surface area contributed by atoms with Crippen molar-refractivity contribution < 1.29 is 22.4 Å². The monoisotopic (exact) mass is 404 g/mol. The normalized spacial score (nSPS) is 12.1. The van der Waals surface area contributed by atoms with Crippen molar-refractivity contribution in [3.63, 3.8) is 0 Å². The summed E-state index contributed by atoms with van der Waals surface area (Å²) in [6, 6.07) is 5.06. The van der Waals surface area contributed by atoms with Gasteiger partial charge < -0.3 is 9.73 Å². The molecule has 0 aliphatic heterocycles. The molecule has 0 bridgehead atoms. The van der Waals surface area contributed by atoms with Crippen LogP contribution in [0.3, 0.4) is 0 Å². The first-order chi connectivity index (χ1) is 13.6. The molecule has 29 heavy (non-hydrogen) atoms. The van der Waals surface area contributed by atoms with Crippen LogP contribution in [0.5, 0.6) is 0 Å². The van der Waals surface area contributed by atoms with Crippen molar-refractivity contribution in [2.24, 2.45) is 0 Å². The number of hydrogen-bond donors (Lipinski definition) is 1. The average Bonchev–Trinajstić information content (AvgIpc) is 3.20. The van der Waals surface area contributed by atoms with E-state index in [1.54, 1.807) is 39.0 Å². The minimum Gasteiger partial charge on any atom is -0.441 e. The van der Waals surface area contributed by atoms with Crippen LogP contribution in [0.15, 0.2) is 22.6 Å². The highest BCUT2D eigenvalue weighted by Crippen LogP contribution is 2.27. The lowest BCUT2D eigenvalue weighted by Gasteiger charge is -2.10. The second-order valence-electron chi connectivity index (χ2n) is 6.55. The van der Waals surface area contributed by atoms with Crippen LogP contribution in [-0.2, 0) is 17.4 Å². The summed E-state index contributed by atoms with van der Waals surface area (Å²) in [5.41, 5.74) is 3.00. The molecule has 8 nitrogen and oxygen atoms in total. The van der Waals surface area contributed by atoms with Gasteiger partial charge in [0.25, 0.3) is 11.6 Å². The van der Waals surface area contributed by atoms with Crippen molar-refractivity contribution in [3.05, 3.63) is 46.9 Å². The molecule has 0 spiro atoms. The Morgan fingerprint density at radius 1 is 1.17 bits per heavy atom. The number of anilines is 1. The number of nitrogens with one attached hydrogen (secondary N) is 1. The number of amides is 1. The number of benzene rings is 1. The molecule has 0 atom stereocenters. The number of oxazole rings is 1. The maximum atomic E-state index is 12.9. The Bertz CT molecular complexity index is 1260. The summed E-state index contributed by atoms with van der Waals surface area (Å²) in [5, 5.41) is 6.23. The molecule has 1 amide bonds. The number of nitrogens with zero attached hydrogens (tertiary/aromatic N) is 5. The van der Waals surface area contributed by atoms with E-state index >= 15 is 0 Å². The molecule has 3 heterocycles. The summed E-state index contributed by atoms with van der Waals surface area (Å²) in [6.45, 7) is 4.91. The lowest BCUT2D eigenvalue weighted by molar-refractivity contribution is -0.144. The van der Waals surface area contributed by atoms with E-state index in [2.05, 4.69) is 25.4 Å². The van der Waals surface area contributed by atoms with E-state index in [9.17, 15) is 18.0 Å². The predicted octanol–water partition coefficient (Wildman–Crippen LogP) is 3.39. The van der Waals surface area contributed by atoms with Crippen LogP contribution in [-0.4, -0.2) is 30.5 Å². The van der Waals surface area contributed by atoms with Gasteiger partial charge in [0.05, 0.1) is 6.42 Å². The molecule has 11 heteroatoms. The van der Waals surface area contributed by atoms with E-state index < -0.39 is 12.0 Å². The van der Waals surface area contributed by atoms with Crippen LogP contribution >= 0.6 is 0 Å². The van der Waals surface area contributed by atoms with Gasteiger partial charge in [0, 0.05) is 29.6 Å². The van der Waals surface area contributed by atoms with Crippen molar-refractivity contribution in [2.75, 3.05) is 5.32 Å². The lowest BCUT2D eigenvalue weighted by Crippen LogP contribution is -2.17. The topological polar surface area (TPSA) is 98.2 Å². The second kappa shape index (κ2) is 6.54. The van der Waals surface area contributed by atoms with Gasteiger partial charge in [-0.15, -0.1) is 5.10 Å². The first-order valence-corrected chi connectivity index (χ1v) is 8.59. The molecule has 0 unspecified atom stereocenters. The number of carbonyl (C=O) groups is 1. The largest absolute Gasteiger partial charge is 0.453 e. The van der Waals surface area contributed by atoms with Crippen LogP contribution in [0.2, 0.25) is 0 Å². The molecule has 0 fully saturated rings. The standard InChI is InChI=1S/C18H15F3N6O2/c1-8-12(9(2)27-17(22-8)25-16(26-27)18(19,20)21)7-15(28)24-11-4-5-14-13(6-11)23-10(3)29-14/h4-6H,7H2,1-3H3,(H,24,28). The molecule has 4 rings (SSSR count). The summed E-state index contributed by atoms with van der Waals surface area (Å²) in [5.74, 6) is -1.28. The number of carbonyl (C=O) groups excluding carboxylic acids is 1. The number of alkyl halides is 3. The second-order valence-corrected chi connectivity index (χ2v) is 6.55. The number of aryl methyl sites for hydroxylation is 3. The van der Waals surface area contributed by atoms with Gasteiger partial charge in [-0.25, -0.2) is 14.5 Å². The number of fused-ring (bicyclic) bond motifs is 2. The molecule has 1 aromatic carbocycles. The van der Waals surface area contributed by atoms with Crippen LogP contribution < -0.4 is 5.32 Å². The van der Waals surface area contributed by atoms with Gasteiger partial charge in [-0.1, -0.05) is 0 Å². The van der Waals surface area contributed by atoms with Crippen LogP contribution in [0.4, 0.5) is 18.9 Å². The van der Waals surface area contributed by atoms with Crippen molar-refractivity contribution in [3.8, 4) is 0 Å². The van der Waals surface area contributed by atoms with Gasteiger partial charge >= 0.3 is 6.18 Å². The molecule has 0 saturated carbocycles. The SMILES string of the molecule is Cc1nc2cc(NC(=O)Cc3c(C)nc4nc(C(F)(F)F)nn4c3C)ccc2o1. The highest BCUT2D eigenvalue weighted by Gasteiger charge is 2.37. The van der Waals surface area contributed by atoms with Gasteiger partial charge in [-0.3, -0.25) is 4.79 Å². The molecule has 0 aliphatic carbocycles. The quantitative estimate of drug-likeness (QED) is 0.562. The summed E-state index contributed by atoms with van der Waals surface area (Å²) in [7, 11) is 0. The Morgan fingerprint density at radius 3 is 2.66 bits per heavy atom. The van der Waals surface area contributed by atoms with Crippen molar-refractivity contribution in [1.82, 2.24) is 24.6 Å². The number of halogens is 3. The Morgan fingerprint density at radius 2 is 1.93 bits per heavy atom. The Hall–Kier alpha value is -3.50. The molecule has 3 aromatic heterocycles. The Labute approximate surface area is 161 Å². The van der Waals surface area contributed by atoms with E-state index in [-0.39, 0.29) is 18.1 Å². The van der Waals surface area contributed by atoms with Crippen molar-refractivity contribution in [1.29, 1.82) is 0 Å². The highest BCUT2D eigenvalue weighted by atomic mass is 19.4. The van der Waals surface area contributed by atoms with Gasteiger partial charge in [-0.05, 0) is 32.0 Å². The third kappa shape index (κ3) is 3.50. The van der Waals surface area contributed by atoms with Gasteiger partial charge in [0.1, 0.15) is 5.52 Å². The lowest BCUT2D eigenvalue weighted by atomic mass is 10.1. The van der Waals surface area contributed by atoms with Crippen LogP contribution in [0.1, 0.15) is 28.7 Å². The van der Waals surface area contributed by atoms with E-state index in [4.69, 9.17) is 4.42 Å². The van der Waals surface area contributed by atoms with Crippen molar-refractivity contribution >= 4 is 28.5 Å². The summed E-state index contributed by atoms with van der Waals surface area (Å²) < 4.78 is 45.0. The molecule has 150 valence electrons. The summed E-state index contributed by atoms with van der Waals surface area (Å²) in [4.78, 5) is 24.2. The zero-order valence-electron chi connectivity index (χ0n) is 15.6. The third-order valence-electron chi connectivity index (χ3n) is 4.42. The maximum Gasteiger partial charge on any atom is 0.453 e. The minimum absolute atomic E-state index is 0.0856. The summed E-state index contributed by atoms with van der Waals surface area (Å²) in [6.07, 6.45) is -4.76. The first kappa shape index (κ1) is 18.8. The number of rotatable bonds is 3. The number of aromatic nitrogens is 5. The maximum absolute atomic E-state index is 12.9. The Balaban J connectivity index is 1.61. The molecular weight excluding hydrogens is 389 g/mol. The molecule has 1 N–H and O–H groups in total. The molecule has 0 saturated heterocycles. The summed E-state index contributed by atoms with van der Waals surface area (Å²) >= 11 is 0. The molecule has 4 aromatic rings. The molecular formula is C18H15F3N6O2. The average molecular weight is 404 g/mol. The smallest absolute Gasteiger partial charge is 0.441 e.